The number of hydrogen-bond acceptors (Lipinski definition) is 5. The highest BCUT2D eigenvalue weighted by Gasteiger charge is 2.85. The number of hydrogen-bond donors (Lipinski definition) is 1. The molecule has 1 aromatic heterocycles. The summed E-state index contributed by atoms with van der Waals surface area (Å²) in [6.45, 7) is 3.57. The van der Waals surface area contributed by atoms with Gasteiger partial charge in [-0.15, -0.1) is 11.3 Å². The maximum atomic E-state index is 13.1. The highest BCUT2D eigenvalue weighted by atomic mass is 32.1. The number of amides is 2. The van der Waals surface area contributed by atoms with E-state index in [9.17, 15) is 15.1 Å². The Labute approximate surface area is 136 Å². The van der Waals surface area contributed by atoms with Crippen LogP contribution in [0.15, 0.2) is 12.1 Å². The third-order valence-electron chi connectivity index (χ3n) is 5.54. The number of rotatable bonds is 2. The number of nitrogens with one attached hydrogen (secondary N) is 1. The number of fused-ring (bicyclic) bond motifs is 5. The smallest absolute Gasteiger partial charge is 0.309 e. The van der Waals surface area contributed by atoms with E-state index in [4.69, 9.17) is 10.00 Å². The Hall–Kier alpha value is -2.11. The zero-order valence-electron chi connectivity index (χ0n) is 12.6. The second kappa shape index (κ2) is 4.04. The molecule has 23 heavy (non-hydrogen) atoms. The summed E-state index contributed by atoms with van der Waals surface area (Å²) in [5, 5.41) is 11.5. The molecule has 2 bridgehead atoms. The van der Waals surface area contributed by atoms with Crippen molar-refractivity contribution in [3.63, 3.8) is 0 Å². The Morgan fingerprint density at radius 1 is 1.43 bits per heavy atom. The first-order valence-electron chi connectivity index (χ1n) is 7.33. The summed E-state index contributed by atoms with van der Waals surface area (Å²) in [7, 11) is 0. The molecule has 2 amide bonds. The van der Waals surface area contributed by atoms with Crippen LogP contribution in [0.25, 0.3) is 5.53 Å². The van der Waals surface area contributed by atoms with Gasteiger partial charge in [0.15, 0.2) is 0 Å². The summed E-state index contributed by atoms with van der Waals surface area (Å²) in [5.41, 5.74) is 6.64. The van der Waals surface area contributed by atoms with Crippen molar-refractivity contribution < 1.29 is 19.4 Å². The Morgan fingerprint density at radius 2 is 2.17 bits per heavy atom. The maximum absolute atomic E-state index is 13.1. The van der Waals surface area contributed by atoms with E-state index < -0.39 is 34.5 Å². The van der Waals surface area contributed by atoms with Crippen LogP contribution in [-0.4, -0.2) is 28.6 Å². The van der Waals surface area contributed by atoms with Gasteiger partial charge in [-0.1, -0.05) is 0 Å². The molecule has 3 aliphatic rings. The van der Waals surface area contributed by atoms with Crippen LogP contribution in [0.5, 0.6) is 0 Å². The van der Waals surface area contributed by atoms with E-state index in [0.717, 1.165) is 16.2 Å². The minimum atomic E-state index is -1.48. The van der Waals surface area contributed by atoms with Crippen LogP contribution < -0.4 is 10.0 Å². The molecule has 3 aliphatic heterocycles. The molecule has 3 fully saturated rings. The molecule has 4 rings (SSSR count). The number of imide groups is 1. The topological polar surface area (TPSA) is 107 Å². The first kappa shape index (κ1) is 14.5. The van der Waals surface area contributed by atoms with Crippen LogP contribution >= 0.6 is 11.3 Å². The van der Waals surface area contributed by atoms with Gasteiger partial charge >= 0.3 is 5.91 Å². The minimum Gasteiger partial charge on any atom is -0.508 e. The SMILES string of the molecule is CC12CCC(C)(O1)[C@@]1([NH+]=[N-])C(=O)N(c3ccc(C#N)s3)C(=O)C21. The molecule has 1 aromatic rings. The van der Waals surface area contributed by atoms with Gasteiger partial charge in [0, 0.05) is 0 Å². The van der Waals surface area contributed by atoms with E-state index in [0.29, 0.717) is 22.7 Å². The quantitative estimate of drug-likeness (QED) is 0.621. The van der Waals surface area contributed by atoms with Crippen LogP contribution in [0, 0.1) is 17.2 Å². The van der Waals surface area contributed by atoms with Crippen LogP contribution in [0.1, 0.15) is 31.6 Å². The third kappa shape index (κ3) is 1.38. The lowest BCUT2D eigenvalue weighted by Gasteiger charge is -2.33. The predicted molar refractivity (Wildman–Crippen MR) is 79.2 cm³/mol. The number of nitrogens with zero attached hydrogens (tertiary/aromatic N) is 3. The van der Waals surface area contributed by atoms with Gasteiger partial charge in [0.25, 0.3) is 5.54 Å². The second-order valence-electron chi connectivity index (χ2n) is 6.73. The first-order chi connectivity index (χ1) is 10.8. The van der Waals surface area contributed by atoms with Crippen molar-refractivity contribution in [2.24, 2.45) is 5.92 Å². The molecule has 3 saturated heterocycles. The average Bonchev–Trinajstić information content (AvgIpc) is 3.19. The monoisotopic (exact) mass is 330 g/mol. The van der Waals surface area contributed by atoms with Crippen molar-refractivity contribution in [3.05, 3.63) is 22.5 Å². The molecule has 4 atom stereocenters. The summed E-state index contributed by atoms with van der Waals surface area (Å²) in [4.78, 5) is 27.6. The van der Waals surface area contributed by atoms with E-state index >= 15 is 0 Å². The van der Waals surface area contributed by atoms with Gasteiger partial charge in [-0.2, -0.15) is 5.26 Å². The molecule has 0 aromatic carbocycles. The molecule has 0 saturated carbocycles. The number of anilines is 1. The van der Waals surface area contributed by atoms with Gasteiger partial charge in [-0.05, 0) is 38.8 Å². The van der Waals surface area contributed by atoms with Crippen molar-refractivity contribution >= 4 is 28.2 Å². The summed E-state index contributed by atoms with van der Waals surface area (Å²) in [6.07, 6.45) is 1.23. The van der Waals surface area contributed by atoms with Crippen LogP contribution in [0.2, 0.25) is 0 Å². The molecule has 0 spiro atoms. The van der Waals surface area contributed by atoms with E-state index in [1.807, 2.05) is 13.0 Å². The van der Waals surface area contributed by atoms with Gasteiger partial charge in [-0.3, -0.25) is 9.59 Å². The summed E-state index contributed by atoms with van der Waals surface area (Å²) in [6, 6.07) is 5.15. The number of carbonyl (C=O) groups excluding carboxylic acids is 2. The number of thiophene rings is 1. The fourth-order valence-electron chi connectivity index (χ4n) is 4.50. The number of nitriles is 1. The Kier molecular flexibility index (Phi) is 2.55. The predicted octanol–water partition coefficient (Wildman–Crippen LogP) is 0.292. The fourth-order valence-corrected chi connectivity index (χ4v) is 5.30. The minimum absolute atomic E-state index is 0.395. The van der Waals surface area contributed by atoms with E-state index in [-0.39, 0.29) is 0 Å². The lowest BCUT2D eigenvalue weighted by Crippen LogP contribution is -2.92. The highest BCUT2D eigenvalue weighted by Crippen LogP contribution is 2.61. The molecular formula is C15H14N4O3S. The van der Waals surface area contributed by atoms with E-state index in [2.05, 4.69) is 5.11 Å². The maximum Gasteiger partial charge on any atom is 0.309 e. The van der Waals surface area contributed by atoms with Crippen LogP contribution in [0.4, 0.5) is 5.00 Å². The molecule has 0 aliphatic carbocycles. The first-order valence-corrected chi connectivity index (χ1v) is 8.14. The van der Waals surface area contributed by atoms with E-state index in [1.165, 1.54) is 0 Å². The molecule has 118 valence electrons. The fraction of sp³-hybridized carbons (Fsp3) is 0.533. The standard InChI is InChI=1S/C15H14N4O3S/c1-13-5-6-14(2,22-13)15(18-17)10(13)11(20)19(12(15)21)9-4-3-8(7-16)23-9/h3-4,10,18H,5-6H2,1-2H3/t10?,13?,14?,15-/m0/s1. The Morgan fingerprint density at radius 3 is 2.74 bits per heavy atom. The zero-order chi connectivity index (χ0) is 16.6. The zero-order valence-corrected chi connectivity index (χ0v) is 13.4. The highest BCUT2D eigenvalue weighted by molar-refractivity contribution is 7.17. The van der Waals surface area contributed by atoms with Gasteiger partial charge in [-0.25, -0.2) is 4.90 Å². The third-order valence-corrected chi connectivity index (χ3v) is 6.52. The van der Waals surface area contributed by atoms with Gasteiger partial charge in [0.05, 0.1) is 5.60 Å². The Balaban J connectivity index is 1.90. The largest absolute Gasteiger partial charge is 0.508 e. The van der Waals surface area contributed by atoms with Gasteiger partial charge in [0.1, 0.15) is 27.5 Å². The number of carbonyl (C=O) groups is 2. The molecule has 4 heterocycles. The van der Waals surface area contributed by atoms with Gasteiger partial charge < -0.3 is 15.4 Å². The average molecular weight is 330 g/mol. The molecule has 7 nitrogen and oxygen atoms in total. The molecular weight excluding hydrogens is 316 g/mol. The molecule has 0 radical (unpaired) electrons. The van der Waals surface area contributed by atoms with Crippen LogP contribution in [0.3, 0.4) is 0 Å². The van der Waals surface area contributed by atoms with Crippen molar-refractivity contribution in [1.29, 1.82) is 5.26 Å². The lowest BCUT2D eigenvalue weighted by molar-refractivity contribution is -0.576. The summed E-state index contributed by atoms with van der Waals surface area (Å²) >= 11 is 1.08. The van der Waals surface area contributed by atoms with Crippen molar-refractivity contribution in [2.45, 2.75) is 43.4 Å². The summed E-state index contributed by atoms with van der Waals surface area (Å²) in [5.74, 6) is -1.71. The molecule has 8 heteroatoms. The van der Waals surface area contributed by atoms with Crippen molar-refractivity contribution in [2.75, 3.05) is 4.90 Å². The van der Waals surface area contributed by atoms with Crippen LogP contribution in [-0.2, 0) is 14.3 Å². The molecule has 3 unspecified atom stereocenters. The number of ether oxygens (including phenoxy) is 1. The van der Waals surface area contributed by atoms with Crippen molar-refractivity contribution in [3.8, 4) is 6.07 Å². The normalized spacial score (nSPS) is 41.3. The molecule has 1 N–H and O–H groups in total. The Bertz CT molecular complexity index is 814. The second-order valence-corrected chi connectivity index (χ2v) is 7.79. The van der Waals surface area contributed by atoms with Gasteiger partial charge in [0.2, 0.25) is 5.91 Å². The summed E-state index contributed by atoms with van der Waals surface area (Å²) < 4.78 is 6.02. The van der Waals surface area contributed by atoms with Crippen molar-refractivity contribution in [1.82, 2.24) is 0 Å². The van der Waals surface area contributed by atoms with E-state index in [1.54, 1.807) is 19.1 Å². The lowest BCUT2D eigenvalue weighted by atomic mass is 9.64.